The van der Waals surface area contributed by atoms with Crippen LogP contribution in [0.25, 0.3) is 0 Å². The molecule has 1 aliphatic heterocycles. The van der Waals surface area contributed by atoms with Gasteiger partial charge in [-0.2, -0.15) is 0 Å². The monoisotopic (exact) mass is 617 g/mol. The van der Waals surface area contributed by atoms with E-state index in [2.05, 4.69) is 14.9 Å². The van der Waals surface area contributed by atoms with E-state index in [1.165, 1.54) is 11.8 Å². The molecule has 9 nitrogen and oxygen atoms in total. The largest absolute Gasteiger partial charge is 0.493 e. The van der Waals surface area contributed by atoms with Crippen LogP contribution in [-0.4, -0.2) is 90.8 Å². The van der Waals surface area contributed by atoms with Crippen LogP contribution < -0.4 is 14.4 Å². The number of piperazine rings is 1. The molecule has 0 radical (unpaired) electrons. The van der Waals surface area contributed by atoms with E-state index in [-0.39, 0.29) is 23.6 Å². The Hall–Kier alpha value is -3.21. The molecule has 1 atom stereocenters. The number of methoxy groups -OCH3 is 2. The van der Waals surface area contributed by atoms with Gasteiger partial charge in [0.15, 0.2) is 16.7 Å². The number of ether oxygens (including phenoxy) is 2. The Balaban J connectivity index is 1.31. The Kier molecular flexibility index (Phi) is 10.6. The summed E-state index contributed by atoms with van der Waals surface area (Å²) in [4.78, 5) is 40.5. The average molecular weight is 619 g/mol. The van der Waals surface area contributed by atoms with Gasteiger partial charge >= 0.3 is 0 Å². The third-order valence-electron chi connectivity index (χ3n) is 6.90. The number of amides is 2. The van der Waals surface area contributed by atoms with Crippen molar-refractivity contribution in [2.75, 3.05) is 58.1 Å². The number of likely N-dealkylation sites (N-methyl/N-ethyl adjacent to an activating group) is 1. The van der Waals surface area contributed by atoms with E-state index < -0.39 is 0 Å². The van der Waals surface area contributed by atoms with E-state index in [4.69, 9.17) is 32.7 Å². The fourth-order valence-electron chi connectivity index (χ4n) is 4.53. The van der Waals surface area contributed by atoms with Crippen LogP contribution in [0.15, 0.2) is 53.7 Å². The van der Waals surface area contributed by atoms with Crippen molar-refractivity contribution in [1.82, 2.24) is 19.8 Å². The summed E-state index contributed by atoms with van der Waals surface area (Å²) in [6.07, 6.45) is 0.676. The number of thioether (sulfide) groups is 1. The van der Waals surface area contributed by atoms with E-state index >= 15 is 0 Å². The SMILES string of the molecule is COc1ccc(CCN(C)C(=O)CSc2nc(Cl)cc(N3CCN(C(=O)c4ccc(Cl)cc4)C(C)C3)n2)cc1OC. The summed E-state index contributed by atoms with van der Waals surface area (Å²) in [5.41, 5.74) is 1.65. The van der Waals surface area contributed by atoms with E-state index in [1.807, 2.05) is 30.0 Å². The van der Waals surface area contributed by atoms with Gasteiger partial charge < -0.3 is 24.2 Å². The maximum Gasteiger partial charge on any atom is 0.254 e. The third kappa shape index (κ3) is 7.96. The van der Waals surface area contributed by atoms with Gasteiger partial charge in [0.25, 0.3) is 5.91 Å². The molecule has 2 heterocycles. The van der Waals surface area contributed by atoms with Crippen LogP contribution in [0.5, 0.6) is 11.5 Å². The number of aromatic nitrogens is 2. The molecular weight excluding hydrogens is 585 g/mol. The molecule has 0 saturated carbocycles. The summed E-state index contributed by atoms with van der Waals surface area (Å²) in [5, 5.41) is 1.33. The van der Waals surface area contributed by atoms with Crippen LogP contribution in [0, 0.1) is 0 Å². The lowest BCUT2D eigenvalue weighted by Crippen LogP contribution is -2.54. The van der Waals surface area contributed by atoms with Crippen molar-refractivity contribution in [3.8, 4) is 11.5 Å². The molecule has 12 heteroatoms. The molecule has 4 rings (SSSR count). The van der Waals surface area contributed by atoms with Gasteiger partial charge in [0.05, 0.1) is 20.0 Å². The summed E-state index contributed by atoms with van der Waals surface area (Å²) in [6.45, 7) is 4.28. The fraction of sp³-hybridized carbons (Fsp3) is 0.379. The molecule has 218 valence electrons. The van der Waals surface area contributed by atoms with Crippen molar-refractivity contribution in [3.05, 3.63) is 69.8 Å². The molecule has 1 aromatic heterocycles. The number of benzene rings is 2. The Bertz CT molecular complexity index is 1380. The van der Waals surface area contributed by atoms with E-state index in [0.717, 1.165) is 5.56 Å². The number of carbonyl (C=O) groups is 2. The minimum absolute atomic E-state index is 0.0282. The number of anilines is 1. The number of nitrogens with zero attached hydrogens (tertiary/aromatic N) is 5. The van der Waals surface area contributed by atoms with Crippen molar-refractivity contribution < 1.29 is 19.1 Å². The van der Waals surface area contributed by atoms with Crippen molar-refractivity contribution in [1.29, 1.82) is 0 Å². The highest BCUT2D eigenvalue weighted by molar-refractivity contribution is 7.99. The topological polar surface area (TPSA) is 88.1 Å². The van der Waals surface area contributed by atoms with Crippen LogP contribution in [0.3, 0.4) is 0 Å². The highest BCUT2D eigenvalue weighted by Crippen LogP contribution is 2.28. The first-order valence-corrected chi connectivity index (χ1v) is 14.9. The Morgan fingerprint density at radius 1 is 1.02 bits per heavy atom. The zero-order chi connectivity index (χ0) is 29.5. The lowest BCUT2D eigenvalue weighted by atomic mass is 10.1. The summed E-state index contributed by atoms with van der Waals surface area (Å²) in [6, 6.07) is 14.3. The lowest BCUT2D eigenvalue weighted by Gasteiger charge is -2.40. The highest BCUT2D eigenvalue weighted by atomic mass is 35.5. The number of halogens is 2. The van der Waals surface area contributed by atoms with Crippen LogP contribution in [-0.2, 0) is 11.2 Å². The molecule has 0 N–H and O–H groups in total. The molecular formula is C29H33Cl2N5O4S. The zero-order valence-electron chi connectivity index (χ0n) is 23.5. The molecule has 0 spiro atoms. The zero-order valence-corrected chi connectivity index (χ0v) is 25.8. The van der Waals surface area contributed by atoms with Gasteiger partial charge in [-0.1, -0.05) is 41.0 Å². The standard InChI is InChI=1S/C29H33Cl2N5O4S/c1-19-17-35(13-14-36(19)28(38)21-6-8-22(30)9-7-21)26-16-25(31)32-29(33-26)41-18-27(37)34(2)12-11-20-5-10-23(39-3)24(15-20)40-4/h5-10,15-16,19H,11-14,17-18H2,1-4H3. The van der Waals surface area contributed by atoms with Gasteiger partial charge in [0, 0.05) is 55.9 Å². The predicted octanol–water partition coefficient (Wildman–Crippen LogP) is 4.94. The Morgan fingerprint density at radius 3 is 2.44 bits per heavy atom. The van der Waals surface area contributed by atoms with Gasteiger partial charge in [0.2, 0.25) is 5.91 Å². The second-order valence-corrected chi connectivity index (χ2v) is 11.4. The summed E-state index contributed by atoms with van der Waals surface area (Å²) < 4.78 is 10.7. The molecule has 1 unspecified atom stereocenters. The first-order valence-electron chi connectivity index (χ1n) is 13.1. The number of rotatable bonds is 10. The van der Waals surface area contributed by atoms with Crippen LogP contribution in [0.2, 0.25) is 10.2 Å². The van der Waals surface area contributed by atoms with Gasteiger partial charge in [-0.3, -0.25) is 9.59 Å². The highest BCUT2D eigenvalue weighted by Gasteiger charge is 2.29. The van der Waals surface area contributed by atoms with Gasteiger partial charge in [-0.25, -0.2) is 9.97 Å². The molecule has 0 bridgehead atoms. The van der Waals surface area contributed by atoms with Crippen LogP contribution in [0.1, 0.15) is 22.8 Å². The number of hydrogen-bond acceptors (Lipinski definition) is 8. The first-order chi connectivity index (χ1) is 19.7. The quantitative estimate of drug-likeness (QED) is 0.179. The molecule has 2 amide bonds. The van der Waals surface area contributed by atoms with Crippen LogP contribution >= 0.6 is 35.0 Å². The van der Waals surface area contributed by atoms with Crippen molar-refractivity contribution in [3.63, 3.8) is 0 Å². The first kappa shape index (κ1) is 30.7. The van der Waals surface area contributed by atoms with E-state index in [0.29, 0.717) is 70.8 Å². The average Bonchev–Trinajstić information content (AvgIpc) is 2.98. The second kappa shape index (κ2) is 14.1. The van der Waals surface area contributed by atoms with E-state index in [1.54, 1.807) is 56.5 Å². The lowest BCUT2D eigenvalue weighted by molar-refractivity contribution is -0.127. The molecule has 1 fully saturated rings. The van der Waals surface area contributed by atoms with E-state index in [9.17, 15) is 9.59 Å². The maximum absolute atomic E-state index is 13.0. The van der Waals surface area contributed by atoms with Crippen molar-refractivity contribution >= 4 is 52.6 Å². The second-order valence-electron chi connectivity index (χ2n) is 9.68. The minimum Gasteiger partial charge on any atom is -0.493 e. The van der Waals surface area contributed by atoms with Crippen molar-refractivity contribution in [2.45, 2.75) is 24.5 Å². The molecule has 2 aromatic carbocycles. The molecule has 41 heavy (non-hydrogen) atoms. The van der Waals surface area contributed by atoms with Gasteiger partial charge in [0.1, 0.15) is 11.0 Å². The smallest absolute Gasteiger partial charge is 0.254 e. The predicted molar refractivity (Wildman–Crippen MR) is 163 cm³/mol. The third-order valence-corrected chi connectivity index (χ3v) is 8.18. The molecule has 1 saturated heterocycles. The normalized spacial score (nSPS) is 15.0. The van der Waals surface area contributed by atoms with Gasteiger partial charge in [-0.05, 0) is 55.3 Å². The molecule has 1 aliphatic rings. The van der Waals surface area contributed by atoms with Crippen LogP contribution in [0.4, 0.5) is 5.82 Å². The minimum atomic E-state index is -0.0438. The number of carbonyl (C=O) groups excluding carboxylic acids is 2. The summed E-state index contributed by atoms with van der Waals surface area (Å²) >= 11 is 13.6. The van der Waals surface area contributed by atoms with Gasteiger partial charge in [-0.15, -0.1) is 0 Å². The Morgan fingerprint density at radius 2 is 1.76 bits per heavy atom. The molecule has 0 aliphatic carbocycles. The molecule has 3 aromatic rings. The maximum atomic E-state index is 13.0. The fourth-order valence-corrected chi connectivity index (χ4v) is 5.68. The summed E-state index contributed by atoms with van der Waals surface area (Å²) in [7, 11) is 4.98. The summed E-state index contributed by atoms with van der Waals surface area (Å²) in [5.74, 6) is 2.12. The van der Waals surface area contributed by atoms with Crippen molar-refractivity contribution in [2.24, 2.45) is 0 Å². The number of hydrogen-bond donors (Lipinski definition) is 0. The Labute approximate surface area is 254 Å².